The Morgan fingerprint density at radius 2 is 2.36 bits per heavy atom. The van der Waals surface area contributed by atoms with Crippen molar-refractivity contribution in [3.63, 3.8) is 0 Å². The van der Waals surface area contributed by atoms with Gasteiger partial charge >= 0.3 is 0 Å². The van der Waals surface area contributed by atoms with Crippen LogP contribution in [-0.2, 0) is 16.0 Å². The first-order valence-electron chi connectivity index (χ1n) is 7.47. The Kier molecular flexibility index (Phi) is 6.03. The van der Waals surface area contributed by atoms with Gasteiger partial charge in [-0.3, -0.25) is 4.79 Å². The second-order valence-electron chi connectivity index (χ2n) is 5.23. The molecule has 0 spiro atoms. The predicted molar refractivity (Wildman–Crippen MR) is 81.2 cm³/mol. The van der Waals surface area contributed by atoms with E-state index in [2.05, 4.69) is 5.32 Å². The highest BCUT2D eigenvalue weighted by Gasteiger charge is 2.29. The van der Waals surface area contributed by atoms with E-state index in [0.717, 1.165) is 11.3 Å². The highest BCUT2D eigenvalue weighted by Crippen LogP contribution is 2.36. The van der Waals surface area contributed by atoms with Crippen LogP contribution in [0.3, 0.4) is 0 Å². The maximum atomic E-state index is 12.3. The molecule has 22 heavy (non-hydrogen) atoms. The van der Waals surface area contributed by atoms with Gasteiger partial charge in [0.25, 0.3) is 0 Å². The number of carbonyl (C=O) groups is 1. The van der Waals surface area contributed by atoms with E-state index in [1.165, 1.54) is 7.11 Å². The van der Waals surface area contributed by atoms with Gasteiger partial charge in [0.1, 0.15) is 6.61 Å². The second kappa shape index (κ2) is 8.00. The average Bonchev–Trinajstić information content (AvgIpc) is 2.54. The predicted octanol–water partition coefficient (Wildman–Crippen LogP) is 0.760. The van der Waals surface area contributed by atoms with Gasteiger partial charge in [-0.2, -0.15) is 0 Å². The molecule has 1 aromatic rings. The van der Waals surface area contributed by atoms with Gasteiger partial charge in [0.05, 0.1) is 31.8 Å². The summed E-state index contributed by atoms with van der Waals surface area (Å²) in [4.78, 5) is 12.3. The minimum Gasteiger partial charge on any atom is -0.490 e. The standard InChI is InChI=1S/C16H23NO5/c1-3-21-14-6-4-5-11-7-12(9-22-15(11)14)16(19)17-13(8-18)10-20-2/h4-6,12-13,18H,3,7-10H2,1-2H3,(H,17,19)/t12-,13-/m1/s1. The van der Waals surface area contributed by atoms with E-state index in [-0.39, 0.29) is 25.0 Å². The normalized spacial score (nSPS) is 18.0. The van der Waals surface area contributed by atoms with Crippen LogP contribution in [0.2, 0.25) is 0 Å². The Morgan fingerprint density at radius 1 is 1.55 bits per heavy atom. The molecule has 0 aliphatic carbocycles. The van der Waals surface area contributed by atoms with E-state index >= 15 is 0 Å². The topological polar surface area (TPSA) is 77.0 Å². The van der Waals surface area contributed by atoms with Crippen molar-refractivity contribution in [3.8, 4) is 11.5 Å². The minimum absolute atomic E-state index is 0.136. The molecule has 0 saturated carbocycles. The highest BCUT2D eigenvalue weighted by atomic mass is 16.5. The molecule has 1 amide bonds. The van der Waals surface area contributed by atoms with Crippen molar-refractivity contribution in [1.82, 2.24) is 5.32 Å². The zero-order valence-corrected chi connectivity index (χ0v) is 13.0. The number of hydrogen-bond donors (Lipinski definition) is 2. The lowest BCUT2D eigenvalue weighted by molar-refractivity contribution is -0.127. The van der Waals surface area contributed by atoms with Gasteiger partial charge in [0, 0.05) is 7.11 Å². The molecule has 122 valence electrons. The molecule has 1 aliphatic rings. The number of amides is 1. The fourth-order valence-corrected chi connectivity index (χ4v) is 2.49. The fraction of sp³-hybridized carbons (Fsp3) is 0.562. The molecule has 0 bridgehead atoms. The molecule has 1 aliphatic heterocycles. The molecule has 2 rings (SSSR count). The van der Waals surface area contributed by atoms with E-state index in [1.807, 2.05) is 25.1 Å². The van der Waals surface area contributed by atoms with Crippen LogP contribution in [0.1, 0.15) is 12.5 Å². The number of methoxy groups -OCH3 is 1. The van der Waals surface area contributed by atoms with Crippen LogP contribution in [0.4, 0.5) is 0 Å². The molecule has 1 aromatic carbocycles. The number of aliphatic hydroxyl groups excluding tert-OH is 1. The number of benzene rings is 1. The van der Waals surface area contributed by atoms with E-state index in [0.29, 0.717) is 25.4 Å². The summed E-state index contributed by atoms with van der Waals surface area (Å²) in [6.07, 6.45) is 0.590. The first-order valence-corrected chi connectivity index (χ1v) is 7.47. The molecule has 2 atom stereocenters. The summed E-state index contributed by atoms with van der Waals surface area (Å²) < 4.78 is 16.2. The number of nitrogens with one attached hydrogen (secondary N) is 1. The van der Waals surface area contributed by atoms with Crippen molar-refractivity contribution < 1.29 is 24.1 Å². The summed E-state index contributed by atoms with van der Waals surface area (Å²) in [6.45, 7) is 2.91. The van der Waals surface area contributed by atoms with Crippen molar-refractivity contribution >= 4 is 5.91 Å². The van der Waals surface area contributed by atoms with Crippen LogP contribution < -0.4 is 14.8 Å². The van der Waals surface area contributed by atoms with Gasteiger partial charge in [-0.25, -0.2) is 0 Å². The first kappa shape index (κ1) is 16.6. The van der Waals surface area contributed by atoms with E-state index in [4.69, 9.17) is 14.2 Å². The maximum absolute atomic E-state index is 12.3. The van der Waals surface area contributed by atoms with Gasteiger partial charge in [0.2, 0.25) is 5.91 Å². The fourth-order valence-electron chi connectivity index (χ4n) is 2.49. The number of fused-ring (bicyclic) bond motifs is 1. The Balaban J connectivity index is 2.02. The van der Waals surface area contributed by atoms with Gasteiger partial charge < -0.3 is 24.6 Å². The van der Waals surface area contributed by atoms with E-state index in [9.17, 15) is 9.90 Å². The quantitative estimate of drug-likeness (QED) is 0.777. The van der Waals surface area contributed by atoms with Crippen molar-refractivity contribution in [2.75, 3.05) is 33.5 Å². The summed E-state index contributed by atoms with van der Waals surface area (Å²) in [6, 6.07) is 5.31. The molecular weight excluding hydrogens is 286 g/mol. The zero-order valence-electron chi connectivity index (χ0n) is 13.0. The summed E-state index contributed by atoms with van der Waals surface area (Å²) in [5.41, 5.74) is 0.963. The Hall–Kier alpha value is -1.79. The Bertz CT molecular complexity index is 505. The Morgan fingerprint density at radius 3 is 3.05 bits per heavy atom. The smallest absolute Gasteiger partial charge is 0.227 e. The third-order valence-electron chi connectivity index (χ3n) is 3.56. The molecule has 1 heterocycles. The van der Waals surface area contributed by atoms with Crippen LogP contribution in [0.25, 0.3) is 0 Å². The third-order valence-corrected chi connectivity index (χ3v) is 3.56. The average molecular weight is 309 g/mol. The van der Waals surface area contributed by atoms with Gasteiger partial charge in [-0.05, 0) is 25.0 Å². The monoisotopic (exact) mass is 309 g/mol. The Labute approximate surface area is 130 Å². The van der Waals surface area contributed by atoms with Crippen LogP contribution in [0, 0.1) is 5.92 Å². The zero-order chi connectivity index (χ0) is 15.9. The van der Waals surface area contributed by atoms with Crippen LogP contribution >= 0.6 is 0 Å². The largest absolute Gasteiger partial charge is 0.490 e. The number of ether oxygens (including phenoxy) is 3. The number of para-hydroxylation sites is 1. The molecular formula is C16H23NO5. The number of carbonyl (C=O) groups excluding carboxylic acids is 1. The van der Waals surface area contributed by atoms with Crippen LogP contribution in [-0.4, -0.2) is 50.6 Å². The lowest BCUT2D eigenvalue weighted by Crippen LogP contribution is -2.46. The second-order valence-corrected chi connectivity index (χ2v) is 5.23. The molecule has 6 nitrogen and oxygen atoms in total. The van der Waals surface area contributed by atoms with Crippen molar-refractivity contribution in [2.24, 2.45) is 5.92 Å². The number of hydrogen-bond acceptors (Lipinski definition) is 5. The van der Waals surface area contributed by atoms with Crippen LogP contribution in [0.5, 0.6) is 11.5 Å². The maximum Gasteiger partial charge on any atom is 0.227 e. The number of rotatable bonds is 7. The molecule has 2 N–H and O–H groups in total. The molecule has 0 fully saturated rings. The summed E-state index contributed by atoms with van der Waals surface area (Å²) in [7, 11) is 1.53. The summed E-state index contributed by atoms with van der Waals surface area (Å²) in [5, 5.41) is 12.0. The van der Waals surface area contributed by atoms with Crippen molar-refractivity contribution in [3.05, 3.63) is 23.8 Å². The van der Waals surface area contributed by atoms with E-state index < -0.39 is 6.04 Å². The molecule has 6 heteroatoms. The first-order chi connectivity index (χ1) is 10.7. The van der Waals surface area contributed by atoms with Gasteiger partial charge in [0.15, 0.2) is 11.5 Å². The third kappa shape index (κ3) is 3.90. The number of aliphatic hydroxyl groups is 1. The van der Waals surface area contributed by atoms with E-state index in [1.54, 1.807) is 0 Å². The van der Waals surface area contributed by atoms with Crippen LogP contribution in [0.15, 0.2) is 18.2 Å². The molecule has 0 aromatic heterocycles. The van der Waals surface area contributed by atoms with Gasteiger partial charge in [-0.15, -0.1) is 0 Å². The molecule has 0 radical (unpaired) electrons. The minimum atomic E-state index is -0.395. The molecule has 0 saturated heterocycles. The van der Waals surface area contributed by atoms with Crippen molar-refractivity contribution in [2.45, 2.75) is 19.4 Å². The van der Waals surface area contributed by atoms with Gasteiger partial charge in [-0.1, -0.05) is 12.1 Å². The lowest BCUT2D eigenvalue weighted by Gasteiger charge is -2.27. The summed E-state index contributed by atoms with van der Waals surface area (Å²) >= 11 is 0. The molecule has 0 unspecified atom stereocenters. The summed E-state index contributed by atoms with van der Waals surface area (Å²) in [5.74, 6) is 1.02. The van der Waals surface area contributed by atoms with Crippen molar-refractivity contribution in [1.29, 1.82) is 0 Å². The highest BCUT2D eigenvalue weighted by molar-refractivity contribution is 5.80. The lowest BCUT2D eigenvalue weighted by atomic mass is 9.95. The SMILES string of the molecule is CCOc1cccc2c1OC[C@H](C(=O)N[C@H](CO)COC)C2.